The zero-order chi connectivity index (χ0) is 16.2. The highest BCUT2D eigenvalue weighted by Crippen LogP contribution is 2.36. The van der Waals surface area contributed by atoms with E-state index in [-0.39, 0.29) is 17.4 Å². The molecule has 0 aromatic heterocycles. The zero-order valence-electron chi connectivity index (χ0n) is 13.2. The minimum absolute atomic E-state index is 0.0803. The van der Waals surface area contributed by atoms with Crippen LogP contribution >= 0.6 is 0 Å². The monoisotopic (exact) mass is 304 g/mol. The smallest absolute Gasteiger partial charge is 0.274 e. The van der Waals surface area contributed by atoms with Crippen molar-refractivity contribution in [2.24, 2.45) is 5.41 Å². The molecule has 1 aromatic rings. The van der Waals surface area contributed by atoms with Gasteiger partial charge in [-0.05, 0) is 37.5 Å². The maximum atomic E-state index is 12.5. The molecule has 1 aliphatic rings. The molecule has 1 fully saturated rings. The Labute approximate surface area is 131 Å². The highest BCUT2D eigenvalue weighted by molar-refractivity contribution is 5.93. The van der Waals surface area contributed by atoms with E-state index >= 15 is 0 Å². The Balaban J connectivity index is 2.07. The van der Waals surface area contributed by atoms with Crippen LogP contribution in [0.15, 0.2) is 24.3 Å². The molecule has 1 unspecified atom stereocenters. The standard InChI is InChI=1S/C17H24N2O3/c1-12(13-7-6-8-14(11-13)15(20)19-22)18-16(21)17(2)9-4-3-5-10-17/h6-8,11-12,22H,3-5,9-10H2,1-2H3,(H,18,21)(H,19,20). The van der Waals surface area contributed by atoms with Crippen molar-refractivity contribution in [1.82, 2.24) is 10.8 Å². The molecule has 5 heteroatoms. The van der Waals surface area contributed by atoms with Gasteiger partial charge >= 0.3 is 0 Å². The number of amides is 2. The summed E-state index contributed by atoms with van der Waals surface area (Å²) in [6, 6.07) is 6.72. The van der Waals surface area contributed by atoms with Crippen LogP contribution in [-0.2, 0) is 4.79 Å². The van der Waals surface area contributed by atoms with E-state index in [0.717, 1.165) is 31.2 Å². The fourth-order valence-electron chi connectivity index (χ4n) is 3.03. The number of hydrogen-bond donors (Lipinski definition) is 3. The molecule has 1 atom stereocenters. The Hall–Kier alpha value is -1.88. The van der Waals surface area contributed by atoms with Crippen molar-refractivity contribution < 1.29 is 14.8 Å². The second-order valence-electron chi connectivity index (χ2n) is 6.38. The Morgan fingerprint density at radius 3 is 2.55 bits per heavy atom. The van der Waals surface area contributed by atoms with Crippen molar-refractivity contribution in [2.45, 2.75) is 52.0 Å². The summed E-state index contributed by atoms with van der Waals surface area (Å²) in [4.78, 5) is 24.0. The highest BCUT2D eigenvalue weighted by Gasteiger charge is 2.35. The molecular weight excluding hydrogens is 280 g/mol. The van der Waals surface area contributed by atoms with Crippen LogP contribution in [0.4, 0.5) is 0 Å². The van der Waals surface area contributed by atoms with Crippen LogP contribution in [-0.4, -0.2) is 17.0 Å². The molecule has 5 nitrogen and oxygen atoms in total. The fraction of sp³-hybridized carbons (Fsp3) is 0.529. The minimum atomic E-state index is -0.556. The topological polar surface area (TPSA) is 78.4 Å². The van der Waals surface area contributed by atoms with Gasteiger partial charge in [0.1, 0.15) is 0 Å². The molecular formula is C17H24N2O3. The molecule has 0 spiro atoms. The molecule has 120 valence electrons. The summed E-state index contributed by atoms with van der Waals surface area (Å²) in [7, 11) is 0. The SMILES string of the molecule is CC(NC(=O)C1(C)CCCCC1)c1cccc(C(=O)NO)c1. The first kappa shape index (κ1) is 16.5. The first-order valence-electron chi connectivity index (χ1n) is 7.82. The second kappa shape index (κ2) is 6.92. The third kappa shape index (κ3) is 3.65. The average molecular weight is 304 g/mol. The zero-order valence-corrected chi connectivity index (χ0v) is 13.2. The Morgan fingerprint density at radius 2 is 1.91 bits per heavy atom. The quantitative estimate of drug-likeness (QED) is 0.591. The Bertz CT molecular complexity index is 551. The lowest BCUT2D eigenvalue weighted by molar-refractivity contribution is -0.132. The van der Waals surface area contributed by atoms with Gasteiger partial charge in [-0.15, -0.1) is 0 Å². The van der Waals surface area contributed by atoms with Gasteiger partial charge in [-0.3, -0.25) is 14.8 Å². The van der Waals surface area contributed by atoms with E-state index < -0.39 is 5.91 Å². The van der Waals surface area contributed by atoms with Crippen molar-refractivity contribution in [3.8, 4) is 0 Å². The van der Waals surface area contributed by atoms with E-state index in [0.29, 0.717) is 5.56 Å². The summed E-state index contributed by atoms with van der Waals surface area (Å²) >= 11 is 0. The molecule has 1 aromatic carbocycles. The second-order valence-corrected chi connectivity index (χ2v) is 6.38. The van der Waals surface area contributed by atoms with Gasteiger partial charge in [-0.1, -0.05) is 38.3 Å². The van der Waals surface area contributed by atoms with E-state index in [1.165, 1.54) is 6.42 Å². The first-order valence-corrected chi connectivity index (χ1v) is 7.82. The molecule has 1 aliphatic carbocycles. The average Bonchev–Trinajstić information content (AvgIpc) is 2.54. The third-order valence-electron chi connectivity index (χ3n) is 4.60. The van der Waals surface area contributed by atoms with E-state index in [2.05, 4.69) is 5.32 Å². The lowest BCUT2D eigenvalue weighted by Crippen LogP contribution is -2.41. The molecule has 2 amide bonds. The summed E-state index contributed by atoms with van der Waals surface area (Å²) in [5.41, 5.74) is 2.54. The van der Waals surface area contributed by atoms with Crippen molar-refractivity contribution in [3.63, 3.8) is 0 Å². The molecule has 22 heavy (non-hydrogen) atoms. The Morgan fingerprint density at radius 1 is 1.23 bits per heavy atom. The molecule has 0 saturated heterocycles. The predicted octanol–water partition coefficient (Wildman–Crippen LogP) is 2.95. The molecule has 0 heterocycles. The van der Waals surface area contributed by atoms with Crippen LogP contribution in [0.1, 0.15) is 67.9 Å². The third-order valence-corrected chi connectivity index (χ3v) is 4.60. The number of benzene rings is 1. The number of carbonyl (C=O) groups excluding carboxylic acids is 2. The van der Waals surface area contributed by atoms with Gasteiger partial charge in [0.25, 0.3) is 5.91 Å². The summed E-state index contributed by atoms with van der Waals surface area (Å²) in [6.07, 6.45) is 5.27. The maximum absolute atomic E-state index is 12.5. The van der Waals surface area contributed by atoms with Crippen LogP contribution in [0.25, 0.3) is 0 Å². The van der Waals surface area contributed by atoms with E-state index in [9.17, 15) is 9.59 Å². The summed E-state index contributed by atoms with van der Waals surface area (Å²) in [5, 5.41) is 11.8. The fourth-order valence-corrected chi connectivity index (χ4v) is 3.03. The predicted molar refractivity (Wildman–Crippen MR) is 83.4 cm³/mol. The van der Waals surface area contributed by atoms with Gasteiger partial charge in [0.05, 0.1) is 6.04 Å². The van der Waals surface area contributed by atoms with Gasteiger partial charge < -0.3 is 5.32 Å². The molecule has 0 aliphatic heterocycles. The van der Waals surface area contributed by atoms with Gasteiger partial charge in [-0.2, -0.15) is 0 Å². The normalized spacial score (nSPS) is 18.3. The lowest BCUT2D eigenvalue weighted by Gasteiger charge is -2.33. The number of nitrogens with one attached hydrogen (secondary N) is 2. The summed E-state index contributed by atoms with van der Waals surface area (Å²) in [6.45, 7) is 3.93. The lowest BCUT2D eigenvalue weighted by atomic mass is 9.75. The van der Waals surface area contributed by atoms with Crippen LogP contribution in [0.2, 0.25) is 0 Å². The van der Waals surface area contributed by atoms with Crippen molar-refractivity contribution in [3.05, 3.63) is 35.4 Å². The molecule has 1 saturated carbocycles. The van der Waals surface area contributed by atoms with Crippen molar-refractivity contribution >= 4 is 11.8 Å². The summed E-state index contributed by atoms with van der Waals surface area (Å²) < 4.78 is 0. The molecule has 2 rings (SSSR count). The van der Waals surface area contributed by atoms with Gasteiger partial charge in [-0.25, -0.2) is 5.48 Å². The van der Waals surface area contributed by atoms with E-state index in [1.54, 1.807) is 23.7 Å². The van der Waals surface area contributed by atoms with E-state index in [4.69, 9.17) is 5.21 Å². The Kier molecular flexibility index (Phi) is 5.19. The molecule has 0 bridgehead atoms. The van der Waals surface area contributed by atoms with Gasteiger partial charge in [0, 0.05) is 11.0 Å². The van der Waals surface area contributed by atoms with Crippen LogP contribution in [0, 0.1) is 5.41 Å². The molecule has 3 N–H and O–H groups in total. The van der Waals surface area contributed by atoms with E-state index in [1.807, 2.05) is 19.9 Å². The van der Waals surface area contributed by atoms with Gasteiger partial charge in [0.2, 0.25) is 5.91 Å². The summed E-state index contributed by atoms with van der Waals surface area (Å²) in [5.74, 6) is -0.476. The van der Waals surface area contributed by atoms with Crippen LogP contribution in [0.5, 0.6) is 0 Å². The van der Waals surface area contributed by atoms with Crippen LogP contribution < -0.4 is 10.8 Å². The van der Waals surface area contributed by atoms with Crippen molar-refractivity contribution in [2.75, 3.05) is 0 Å². The minimum Gasteiger partial charge on any atom is -0.349 e. The largest absolute Gasteiger partial charge is 0.349 e. The van der Waals surface area contributed by atoms with Crippen molar-refractivity contribution in [1.29, 1.82) is 0 Å². The first-order chi connectivity index (χ1) is 10.5. The van der Waals surface area contributed by atoms with Crippen LogP contribution in [0.3, 0.4) is 0 Å². The maximum Gasteiger partial charge on any atom is 0.274 e. The number of hydrogen-bond acceptors (Lipinski definition) is 3. The number of hydroxylamine groups is 1. The van der Waals surface area contributed by atoms with Gasteiger partial charge in [0.15, 0.2) is 0 Å². The number of carbonyl (C=O) groups is 2. The number of rotatable bonds is 4. The highest BCUT2D eigenvalue weighted by atomic mass is 16.5. The molecule has 0 radical (unpaired) electrons.